The zero-order valence-electron chi connectivity index (χ0n) is 18.0. The summed E-state index contributed by atoms with van der Waals surface area (Å²) in [7, 11) is 1.64. The molecule has 29 heavy (non-hydrogen) atoms. The lowest BCUT2D eigenvalue weighted by atomic mass is 10.2. The van der Waals surface area contributed by atoms with E-state index >= 15 is 0 Å². The molecule has 0 saturated carbocycles. The van der Waals surface area contributed by atoms with Gasteiger partial charge in [0.15, 0.2) is 5.96 Å². The SMILES string of the molecule is COc1cccc(OC(C)CNC2=NCC3CN(C(=O)OC(C)(C)C)CCN23)c1. The fourth-order valence-corrected chi connectivity index (χ4v) is 3.41. The van der Waals surface area contributed by atoms with E-state index in [9.17, 15) is 4.79 Å². The highest BCUT2D eigenvalue weighted by Gasteiger charge is 2.36. The quantitative estimate of drug-likeness (QED) is 0.812. The van der Waals surface area contributed by atoms with Gasteiger partial charge in [0.25, 0.3) is 0 Å². The van der Waals surface area contributed by atoms with Crippen molar-refractivity contribution in [1.82, 2.24) is 15.1 Å². The van der Waals surface area contributed by atoms with Gasteiger partial charge in [-0.25, -0.2) is 4.79 Å². The molecule has 2 atom stereocenters. The van der Waals surface area contributed by atoms with Crippen LogP contribution in [0.4, 0.5) is 4.79 Å². The molecule has 8 heteroatoms. The van der Waals surface area contributed by atoms with Gasteiger partial charge in [0.2, 0.25) is 0 Å². The van der Waals surface area contributed by atoms with E-state index in [1.54, 1.807) is 12.0 Å². The summed E-state index contributed by atoms with van der Waals surface area (Å²) < 4.78 is 16.7. The van der Waals surface area contributed by atoms with Gasteiger partial charge in [-0.2, -0.15) is 0 Å². The van der Waals surface area contributed by atoms with Crippen molar-refractivity contribution in [1.29, 1.82) is 0 Å². The van der Waals surface area contributed by atoms with Crippen LogP contribution < -0.4 is 14.8 Å². The summed E-state index contributed by atoms with van der Waals surface area (Å²) in [4.78, 5) is 21.0. The first-order valence-corrected chi connectivity index (χ1v) is 10.1. The smallest absolute Gasteiger partial charge is 0.410 e. The van der Waals surface area contributed by atoms with Crippen molar-refractivity contribution < 1.29 is 19.0 Å². The highest BCUT2D eigenvalue weighted by atomic mass is 16.6. The molecule has 0 aliphatic carbocycles. The third kappa shape index (κ3) is 5.68. The minimum Gasteiger partial charge on any atom is -0.497 e. The molecule has 160 valence electrons. The fourth-order valence-electron chi connectivity index (χ4n) is 3.41. The molecule has 2 unspecified atom stereocenters. The first-order valence-electron chi connectivity index (χ1n) is 10.1. The van der Waals surface area contributed by atoms with Gasteiger partial charge in [-0.15, -0.1) is 0 Å². The Labute approximate surface area is 172 Å². The van der Waals surface area contributed by atoms with Crippen molar-refractivity contribution in [3.63, 3.8) is 0 Å². The van der Waals surface area contributed by atoms with Crippen LogP contribution in [0, 0.1) is 0 Å². The van der Waals surface area contributed by atoms with Crippen LogP contribution in [-0.2, 0) is 4.74 Å². The highest BCUT2D eigenvalue weighted by molar-refractivity contribution is 5.82. The van der Waals surface area contributed by atoms with Crippen molar-refractivity contribution in [2.24, 2.45) is 4.99 Å². The molecular weight excluding hydrogens is 372 g/mol. The van der Waals surface area contributed by atoms with E-state index in [0.29, 0.717) is 26.2 Å². The number of hydrogen-bond acceptors (Lipinski definition) is 7. The van der Waals surface area contributed by atoms with Crippen LogP contribution in [0.5, 0.6) is 11.5 Å². The highest BCUT2D eigenvalue weighted by Crippen LogP contribution is 2.21. The van der Waals surface area contributed by atoms with Crippen molar-refractivity contribution in [2.45, 2.75) is 45.4 Å². The number of guanidine groups is 1. The van der Waals surface area contributed by atoms with Gasteiger partial charge in [0, 0.05) is 25.7 Å². The van der Waals surface area contributed by atoms with Gasteiger partial charge >= 0.3 is 6.09 Å². The van der Waals surface area contributed by atoms with Crippen molar-refractivity contribution in [3.8, 4) is 11.5 Å². The Kier molecular flexibility index (Phi) is 6.39. The normalized spacial score (nSPS) is 19.9. The number of piperazine rings is 1. The summed E-state index contributed by atoms with van der Waals surface area (Å²) >= 11 is 0. The van der Waals surface area contributed by atoms with E-state index in [0.717, 1.165) is 24.0 Å². The van der Waals surface area contributed by atoms with Crippen LogP contribution in [0.1, 0.15) is 27.7 Å². The fraction of sp³-hybridized carbons (Fsp3) is 0.619. The Bertz CT molecular complexity index is 746. The van der Waals surface area contributed by atoms with Gasteiger partial charge in [-0.05, 0) is 39.8 Å². The Hall–Kier alpha value is -2.64. The molecule has 1 aromatic carbocycles. The summed E-state index contributed by atoms with van der Waals surface area (Å²) in [6.07, 6.45) is -0.286. The summed E-state index contributed by atoms with van der Waals surface area (Å²) in [5, 5.41) is 3.40. The number of aliphatic imine (C=N–C) groups is 1. The lowest BCUT2D eigenvalue weighted by molar-refractivity contribution is 0.0137. The standard InChI is InChI=1S/C21H32N4O4/c1-15(28-18-8-6-7-17(11-18)27-5)12-22-19-23-13-16-14-24(9-10-25(16)19)20(26)29-21(2,3)4/h6-8,11,15-16H,9-10,12-14H2,1-5H3,(H,22,23). The summed E-state index contributed by atoms with van der Waals surface area (Å²) in [6.45, 7) is 11.0. The van der Waals surface area contributed by atoms with Gasteiger partial charge in [0.05, 0.1) is 26.2 Å². The maximum absolute atomic E-state index is 12.3. The predicted octanol–water partition coefficient (Wildman–Crippen LogP) is 2.34. The minimum absolute atomic E-state index is 0.0353. The number of benzene rings is 1. The maximum atomic E-state index is 12.3. The predicted molar refractivity (Wildman–Crippen MR) is 112 cm³/mol. The van der Waals surface area contributed by atoms with Gasteiger partial charge in [0.1, 0.15) is 23.2 Å². The molecule has 1 amide bonds. The molecule has 3 rings (SSSR count). The largest absolute Gasteiger partial charge is 0.497 e. The maximum Gasteiger partial charge on any atom is 0.410 e. The first-order chi connectivity index (χ1) is 13.7. The summed E-state index contributed by atoms with van der Waals surface area (Å²) in [6, 6.07) is 7.77. The molecule has 1 N–H and O–H groups in total. The second kappa shape index (κ2) is 8.80. The number of methoxy groups -OCH3 is 1. The number of rotatable bonds is 5. The zero-order chi connectivity index (χ0) is 21.0. The van der Waals surface area contributed by atoms with Crippen LogP contribution in [0.15, 0.2) is 29.3 Å². The molecule has 1 saturated heterocycles. The molecule has 0 aromatic heterocycles. The average molecular weight is 405 g/mol. The monoisotopic (exact) mass is 404 g/mol. The molecule has 0 radical (unpaired) electrons. The van der Waals surface area contributed by atoms with E-state index in [2.05, 4.69) is 15.2 Å². The Morgan fingerprint density at radius 2 is 2.07 bits per heavy atom. The summed E-state index contributed by atoms with van der Waals surface area (Å²) in [5.74, 6) is 2.42. The van der Waals surface area contributed by atoms with Crippen molar-refractivity contribution in [2.75, 3.05) is 39.8 Å². The van der Waals surface area contributed by atoms with Crippen molar-refractivity contribution in [3.05, 3.63) is 24.3 Å². The molecule has 2 aliphatic heterocycles. The van der Waals surface area contributed by atoms with E-state index in [-0.39, 0.29) is 18.2 Å². The number of hydrogen-bond donors (Lipinski definition) is 1. The molecule has 2 aliphatic rings. The van der Waals surface area contributed by atoms with Gasteiger partial charge < -0.3 is 29.3 Å². The van der Waals surface area contributed by atoms with Crippen LogP contribution in [0.2, 0.25) is 0 Å². The third-order valence-corrected chi connectivity index (χ3v) is 4.78. The number of carbonyl (C=O) groups is 1. The molecule has 8 nitrogen and oxygen atoms in total. The Balaban J connectivity index is 1.46. The molecule has 1 aromatic rings. The second-order valence-corrected chi connectivity index (χ2v) is 8.43. The Morgan fingerprint density at radius 1 is 1.31 bits per heavy atom. The molecule has 0 spiro atoms. The number of ether oxygens (including phenoxy) is 3. The topological polar surface area (TPSA) is 75.6 Å². The first kappa shape index (κ1) is 21.1. The number of amides is 1. The van der Waals surface area contributed by atoms with Crippen LogP contribution in [-0.4, -0.2) is 79.4 Å². The number of fused-ring (bicyclic) bond motifs is 1. The second-order valence-electron chi connectivity index (χ2n) is 8.43. The molecule has 0 bridgehead atoms. The number of carbonyl (C=O) groups excluding carboxylic acids is 1. The van der Waals surface area contributed by atoms with Gasteiger partial charge in [-0.1, -0.05) is 6.07 Å². The lowest BCUT2D eigenvalue weighted by Crippen LogP contribution is -2.58. The van der Waals surface area contributed by atoms with E-state index in [1.807, 2.05) is 52.0 Å². The van der Waals surface area contributed by atoms with E-state index < -0.39 is 5.60 Å². The van der Waals surface area contributed by atoms with E-state index in [1.165, 1.54) is 0 Å². The van der Waals surface area contributed by atoms with Crippen LogP contribution >= 0.6 is 0 Å². The zero-order valence-corrected chi connectivity index (χ0v) is 18.0. The lowest BCUT2D eigenvalue weighted by Gasteiger charge is -2.39. The summed E-state index contributed by atoms with van der Waals surface area (Å²) in [5.41, 5.74) is -0.480. The van der Waals surface area contributed by atoms with Crippen molar-refractivity contribution >= 4 is 12.1 Å². The van der Waals surface area contributed by atoms with E-state index in [4.69, 9.17) is 14.2 Å². The average Bonchev–Trinajstić information content (AvgIpc) is 3.07. The third-order valence-electron chi connectivity index (χ3n) is 4.78. The number of nitrogens with one attached hydrogen (secondary N) is 1. The molecular formula is C21H32N4O4. The van der Waals surface area contributed by atoms with Gasteiger partial charge in [-0.3, -0.25) is 4.99 Å². The van der Waals surface area contributed by atoms with Crippen LogP contribution in [0.3, 0.4) is 0 Å². The minimum atomic E-state index is -0.480. The molecule has 2 heterocycles. The van der Waals surface area contributed by atoms with Crippen LogP contribution in [0.25, 0.3) is 0 Å². The number of nitrogens with zero attached hydrogens (tertiary/aromatic N) is 3. The Morgan fingerprint density at radius 3 is 2.79 bits per heavy atom. The molecule has 1 fully saturated rings.